The molecule has 0 aromatic heterocycles. The smallest absolute Gasteiger partial charge is 0.533 e. The first-order chi connectivity index (χ1) is 4.83. The van der Waals surface area contributed by atoms with Crippen LogP contribution in [0.2, 0.25) is 0 Å². The molecule has 0 aliphatic rings. The predicted molar refractivity (Wildman–Crippen MR) is 48.8 cm³/mol. The molecule has 4 N–H and O–H groups in total. The van der Waals surface area contributed by atoms with Crippen LogP contribution >= 0.6 is 11.8 Å². The maximum atomic E-state index is 10.4. The molecule has 0 spiro atoms. The van der Waals surface area contributed by atoms with Gasteiger partial charge in [-0.2, -0.15) is 11.8 Å². The molecule has 0 saturated carbocycles. The molecule has 1 atom stereocenters. The summed E-state index contributed by atoms with van der Waals surface area (Å²) in [5.74, 6) is -0.145. The molecule has 0 aliphatic heterocycles. The van der Waals surface area contributed by atoms with E-state index in [1.807, 2.05) is 0 Å². The van der Waals surface area contributed by atoms with Gasteiger partial charge in [0, 0.05) is 15.3 Å². The number of carbonyl (C=O) groups excluding carboxylic acids is 1. The summed E-state index contributed by atoms with van der Waals surface area (Å²) in [6.45, 7) is 6.16. The van der Waals surface area contributed by atoms with Crippen LogP contribution < -0.4 is 5.73 Å². The molecule has 0 fully saturated rings. The highest BCUT2D eigenvalue weighted by molar-refractivity contribution is 8.00. The summed E-state index contributed by atoms with van der Waals surface area (Å²) in [7, 11) is 0. The molecule has 0 amide bonds. The van der Waals surface area contributed by atoms with Crippen molar-refractivity contribution < 1.29 is 9.90 Å². The minimum absolute atomic E-state index is 0.118. The second-order valence-electron chi connectivity index (χ2n) is 3.39. The van der Waals surface area contributed by atoms with Gasteiger partial charge in [-0.1, -0.05) is 20.8 Å². The quantitative estimate of drug-likeness (QED) is 0.623. The first kappa shape index (κ1) is 10.8. The van der Waals surface area contributed by atoms with Crippen molar-refractivity contribution in [1.29, 1.82) is 0 Å². The van der Waals surface area contributed by atoms with Crippen LogP contribution in [0.25, 0.3) is 0 Å². The fourth-order valence-corrected chi connectivity index (χ4v) is 1.25. The molecule has 1 unspecified atom stereocenters. The Kier molecular flexibility index (Phi) is 3.89. The zero-order valence-corrected chi connectivity index (χ0v) is 7.99. The summed E-state index contributed by atoms with van der Waals surface area (Å²) >= 11 is 1.60. The number of rotatable bonds is 3. The fourth-order valence-electron chi connectivity index (χ4n) is 0.415. The lowest BCUT2D eigenvalue weighted by Gasteiger charge is -2.17. The van der Waals surface area contributed by atoms with Crippen LogP contribution in [-0.4, -0.2) is 27.6 Å². The molecule has 3 nitrogen and oxygen atoms in total. The lowest BCUT2D eigenvalue weighted by molar-refractivity contribution is -0.137. The molecule has 0 aromatic carbocycles. The number of thioether (sulfide) groups is 1. The van der Waals surface area contributed by atoms with Gasteiger partial charge in [0.1, 0.15) is 0 Å². The standard InChI is InChI=1S/C7H15NO2S/c1-7(2,3)11-4-5(8)6(9)10/h5H,4,8H2,1-3H3,(H,9,10)/p+1. The summed E-state index contributed by atoms with van der Waals surface area (Å²) in [6, 6.07) is -0.626. The van der Waals surface area contributed by atoms with Gasteiger partial charge in [0.2, 0.25) is 0 Å². The second-order valence-corrected chi connectivity index (χ2v) is 5.24. The minimum Gasteiger partial charge on any atom is -0.564 e. The van der Waals surface area contributed by atoms with E-state index in [2.05, 4.69) is 20.8 Å². The van der Waals surface area contributed by atoms with Gasteiger partial charge in [0.05, 0.1) is 0 Å². The van der Waals surface area contributed by atoms with Crippen LogP contribution in [0.4, 0.5) is 0 Å². The van der Waals surface area contributed by atoms with Gasteiger partial charge in [0.15, 0.2) is 6.04 Å². The lowest BCUT2D eigenvalue weighted by Crippen LogP contribution is -2.33. The third-order valence-corrected chi connectivity index (χ3v) is 2.42. The van der Waals surface area contributed by atoms with E-state index in [0.717, 1.165) is 0 Å². The monoisotopic (exact) mass is 178 g/mol. The van der Waals surface area contributed by atoms with E-state index >= 15 is 0 Å². The van der Waals surface area contributed by atoms with Gasteiger partial charge in [0.25, 0.3) is 0 Å². The highest BCUT2D eigenvalue weighted by Crippen LogP contribution is 2.23. The molecule has 0 heterocycles. The van der Waals surface area contributed by atoms with Crippen molar-refractivity contribution in [3.05, 3.63) is 0 Å². The highest BCUT2D eigenvalue weighted by atomic mass is 32.2. The van der Waals surface area contributed by atoms with Crippen LogP contribution in [0, 0.1) is 0 Å². The Morgan fingerprint density at radius 2 is 2.09 bits per heavy atom. The molecular weight excluding hydrogens is 162 g/mol. The van der Waals surface area contributed by atoms with Gasteiger partial charge < -0.3 is 10.8 Å². The maximum Gasteiger partial charge on any atom is 0.533 e. The third-order valence-electron chi connectivity index (χ3n) is 1.03. The van der Waals surface area contributed by atoms with Crippen molar-refractivity contribution in [2.45, 2.75) is 31.6 Å². The Hall–Kier alpha value is -0.220. The number of nitrogens with two attached hydrogens (primary N) is 1. The molecule has 0 aromatic rings. The summed E-state index contributed by atoms with van der Waals surface area (Å²) in [4.78, 5) is 10.4. The fraction of sp³-hybridized carbons (Fsp3) is 0.857. The largest absolute Gasteiger partial charge is 0.564 e. The Bertz CT molecular complexity index is 142. The predicted octanol–water partition coefficient (Wildman–Crippen LogP) is 0.0966. The van der Waals surface area contributed by atoms with E-state index in [1.54, 1.807) is 11.8 Å². The van der Waals surface area contributed by atoms with Crippen molar-refractivity contribution in [3.8, 4) is 0 Å². The molecule has 0 bridgehead atoms. The maximum absolute atomic E-state index is 10.4. The lowest BCUT2D eigenvalue weighted by atomic mass is 10.3. The van der Waals surface area contributed by atoms with Crippen LogP contribution in [0.5, 0.6) is 0 Å². The normalized spacial score (nSPS) is 14.5. The molecule has 0 rings (SSSR count). The number of hydrogen-bond donors (Lipinski definition) is 1. The van der Waals surface area contributed by atoms with E-state index in [-0.39, 0.29) is 4.75 Å². The van der Waals surface area contributed by atoms with Crippen molar-refractivity contribution in [1.82, 2.24) is 0 Å². The zero-order chi connectivity index (χ0) is 9.07. The van der Waals surface area contributed by atoms with Crippen molar-refractivity contribution in [2.75, 3.05) is 5.75 Å². The molecule has 66 valence electrons. The summed E-state index contributed by atoms with van der Waals surface area (Å²) in [6.07, 6.45) is 0. The minimum atomic E-state index is -0.679. The molecule has 0 radical (unpaired) electrons. The van der Waals surface area contributed by atoms with E-state index in [0.29, 0.717) is 5.75 Å². The third kappa shape index (κ3) is 6.19. The van der Waals surface area contributed by atoms with Gasteiger partial charge in [-0.05, 0) is 0 Å². The first-order valence-corrected chi connectivity index (χ1v) is 4.46. The Morgan fingerprint density at radius 1 is 1.64 bits per heavy atom. The van der Waals surface area contributed by atoms with Crippen LogP contribution in [0.1, 0.15) is 20.8 Å². The summed E-state index contributed by atoms with van der Waals surface area (Å²) in [5.41, 5.74) is 5.37. The van der Waals surface area contributed by atoms with Crippen molar-refractivity contribution >= 4 is 17.7 Å². The number of carbonyl (C=O) groups is 1. The van der Waals surface area contributed by atoms with Crippen molar-refractivity contribution in [2.24, 2.45) is 5.73 Å². The average Bonchev–Trinajstić information content (AvgIpc) is 1.80. The Balaban J connectivity index is 3.63. The van der Waals surface area contributed by atoms with Gasteiger partial charge in [-0.25, -0.2) is 0 Å². The molecule has 11 heavy (non-hydrogen) atoms. The summed E-state index contributed by atoms with van der Waals surface area (Å²) in [5, 5.41) is 6.71. The van der Waals surface area contributed by atoms with Crippen LogP contribution in [-0.2, 0) is 4.79 Å². The van der Waals surface area contributed by atoms with Gasteiger partial charge in [-0.15, -0.1) is 0 Å². The van der Waals surface area contributed by atoms with Crippen LogP contribution in [0.3, 0.4) is 0 Å². The highest BCUT2D eigenvalue weighted by Gasteiger charge is 2.22. The second kappa shape index (κ2) is 3.97. The number of hydrogen-bond acceptors (Lipinski definition) is 3. The van der Waals surface area contributed by atoms with Crippen molar-refractivity contribution in [3.63, 3.8) is 0 Å². The topological polar surface area (TPSA) is 66.0 Å². The van der Waals surface area contributed by atoms with E-state index < -0.39 is 12.0 Å². The Morgan fingerprint density at radius 3 is 2.36 bits per heavy atom. The van der Waals surface area contributed by atoms with Gasteiger partial charge >= 0.3 is 5.97 Å². The summed E-state index contributed by atoms with van der Waals surface area (Å²) < 4.78 is 0.118. The molecule has 0 aliphatic carbocycles. The Labute approximate surface area is 71.3 Å². The van der Waals surface area contributed by atoms with E-state index in [9.17, 15) is 4.79 Å². The first-order valence-electron chi connectivity index (χ1n) is 3.48. The SMILES string of the molecule is CC(C)(C)SCC(N)C(=O)[OH2+]. The van der Waals surface area contributed by atoms with Crippen LogP contribution in [0.15, 0.2) is 0 Å². The average molecular weight is 178 g/mol. The molecule has 4 heteroatoms. The van der Waals surface area contributed by atoms with E-state index in [4.69, 9.17) is 10.8 Å². The molecule has 0 saturated heterocycles. The molecular formula is C7H16NO2S+. The zero-order valence-electron chi connectivity index (χ0n) is 7.18. The van der Waals surface area contributed by atoms with Gasteiger partial charge in [-0.3, -0.25) is 0 Å². The van der Waals surface area contributed by atoms with E-state index in [1.165, 1.54) is 0 Å².